The van der Waals surface area contributed by atoms with Crippen LogP contribution < -0.4 is 16.4 Å². The Kier molecular flexibility index (Phi) is 4.82. The zero-order valence-electron chi connectivity index (χ0n) is 10.6. The van der Waals surface area contributed by atoms with E-state index < -0.39 is 11.6 Å². The lowest BCUT2D eigenvalue weighted by Gasteiger charge is -2.32. The van der Waals surface area contributed by atoms with E-state index in [4.69, 9.17) is 5.73 Å². The van der Waals surface area contributed by atoms with Crippen LogP contribution in [0.25, 0.3) is 0 Å². The van der Waals surface area contributed by atoms with Gasteiger partial charge in [0.25, 0.3) is 5.24 Å². The fourth-order valence-electron chi connectivity index (χ4n) is 2.00. The average Bonchev–Trinajstić information content (AvgIpc) is 2.63. The van der Waals surface area contributed by atoms with Crippen molar-refractivity contribution in [2.45, 2.75) is 38.8 Å². The topological polar surface area (TPSA) is 84.2 Å². The molecule has 1 unspecified atom stereocenters. The summed E-state index contributed by atoms with van der Waals surface area (Å²) in [5.41, 5.74) is 5.32. The molecule has 0 radical (unpaired) electrons. The highest BCUT2D eigenvalue weighted by molar-refractivity contribution is 8.14. The lowest BCUT2D eigenvalue weighted by Crippen LogP contribution is -2.56. The zero-order chi connectivity index (χ0) is 13.1. The highest BCUT2D eigenvalue weighted by Gasteiger charge is 2.33. The van der Waals surface area contributed by atoms with Crippen LogP contribution in [0.3, 0.4) is 0 Å². The average molecular weight is 259 g/mol. The molecule has 17 heavy (non-hydrogen) atoms. The molecule has 1 aliphatic heterocycles. The van der Waals surface area contributed by atoms with Gasteiger partial charge in [0.15, 0.2) is 0 Å². The highest BCUT2D eigenvalue weighted by atomic mass is 32.2. The van der Waals surface area contributed by atoms with Gasteiger partial charge in [0, 0.05) is 17.8 Å². The normalized spacial score (nSPS) is 23.4. The van der Waals surface area contributed by atoms with Gasteiger partial charge in [0.05, 0.1) is 0 Å². The summed E-state index contributed by atoms with van der Waals surface area (Å²) in [7, 11) is 0. The molecular weight excluding hydrogens is 238 g/mol. The second-order valence-corrected chi connectivity index (χ2v) is 6.14. The fraction of sp³-hybridized carbons (Fsp3) is 0.818. The number of hydrogen-bond acceptors (Lipinski definition) is 4. The largest absolute Gasteiger partial charge is 0.348 e. The summed E-state index contributed by atoms with van der Waals surface area (Å²) in [4.78, 5) is 23.0. The maximum Gasteiger partial charge on any atom is 0.279 e. The molecule has 5 nitrogen and oxygen atoms in total. The number of nitrogens with two attached hydrogens (primary N) is 1. The third-order valence-corrected chi connectivity index (χ3v) is 3.60. The maximum absolute atomic E-state index is 12.0. The number of carbonyl (C=O) groups excluding carboxylic acids is 2. The zero-order valence-corrected chi connectivity index (χ0v) is 11.4. The van der Waals surface area contributed by atoms with Crippen LogP contribution in [-0.4, -0.2) is 35.0 Å². The van der Waals surface area contributed by atoms with E-state index in [2.05, 4.69) is 24.5 Å². The van der Waals surface area contributed by atoms with Crippen LogP contribution in [0.2, 0.25) is 0 Å². The van der Waals surface area contributed by atoms with Crippen molar-refractivity contribution >= 4 is 22.9 Å². The summed E-state index contributed by atoms with van der Waals surface area (Å²) in [6, 6.07) is -0.425. The van der Waals surface area contributed by atoms with Gasteiger partial charge in [-0.15, -0.1) is 0 Å². The van der Waals surface area contributed by atoms with E-state index >= 15 is 0 Å². The van der Waals surface area contributed by atoms with Gasteiger partial charge in [0.1, 0.15) is 6.04 Å². The van der Waals surface area contributed by atoms with Gasteiger partial charge in [-0.05, 0) is 19.3 Å². The molecule has 98 valence electrons. The van der Waals surface area contributed by atoms with Crippen LogP contribution >= 0.6 is 11.8 Å². The van der Waals surface area contributed by atoms with Gasteiger partial charge in [-0.2, -0.15) is 0 Å². The number of nitrogens with one attached hydrogen (secondary N) is 2. The summed E-state index contributed by atoms with van der Waals surface area (Å²) in [5.74, 6) is 0.806. The van der Waals surface area contributed by atoms with Crippen LogP contribution in [0, 0.1) is 5.92 Å². The Morgan fingerprint density at radius 3 is 2.76 bits per heavy atom. The van der Waals surface area contributed by atoms with Crippen LogP contribution in [0.4, 0.5) is 4.79 Å². The van der Waals surface area contributed by atoms with Crippen molar-refractivity contribution in [1.29, 1.82) is 0 Å². The van der Waals surface area contributed by atoms with Gasteiger partial charge in [-0.1, -0.05) is 25.6 Å². The molecule has 0 bridgehead atoms. The maximum atomic E-state index is 12.0. The molecule has 0 aromatic rings. The molecule has 0 aliphatic carbocycles. The van der Waals surface area contributed by atoms with E-state index in [1.54, 1.807) is 0 Å². The van der Waals surface area contributed by atoms with Crippen molar-refractivity contribution in [1.82, 2.24) is 10.6 Å². The number of rotatable bonds is 5. The van der Waals surface area contributed by atoms with Crippen molar-refractivity contribution in [3.8, 4) is 0 Å². The van der Waals surface area contributed by atoms with E-state index in [0.717, 1.165) is 18.2 Å². The third kappa shape index (κ3) is 4.20. The summed E-state index contributed by atoms with van der Waals surface area (Å²) in [6.45, 7) is 6.51. The van der Waals surface area contributed by atoms with Crippen LogP contribution in [0.1, 0.15) is 27.2 Å². The summed E-state index contributed by atoms with van der Waals surface area (Å²) in [6.07, 6.45) is 0.822. The Bertz CT molecular complexity index is 309. The molecule has 2 amide bonds. The second kappa shape index (κ2) is 5.73. The highest BCUT2D eigenvalue weighted by Crippen LogP contribution is 2.17. The Labute approximate surface area is 106 Å². The first-order valence-corrected chi connectivity index (χ1v) is 6.80. The SMILES string of the molecule is CC(C)CC(C)(CN)NC(=O)[C@@H]1CSC(=O)N1. The molecule has 1 aliphatic rings. The second-order valence-electron chi connectivity index (χ2n) is 5.15. The Morgan fingerprint density at radius 1 is 1.71 bits per heavy atom. The van der Waals surface area contributed by atoms with Crippen LogP contribution in [-0.2, 0) is 4.79 Å². The van der Waals surface area contributed by atoms with Gasteiger partial charge in [-0.25, -0.2) is 0 Å². The molecule has 0 saturated carbocycles. The molecule has 1 fully saturated rings. The van der Waals surface area contributed by atoms with Crippen LogP contribution in [0.5, 0.6) is 0 Å². The lowest BCUT2D eigenvalue weighted by atomic mass is 9.90. The standard InChI is InChI=1S/C11H21N3O2S/c1-7(2)4-11(3,6-12)14-9(15)8-5-17-10(16)13-8/h7-8H,4-6,12H2,1-3H3,(H,13,16)(H,14,15)/t8-,11?/m0/s1. The smallest absolute Gasteiger partial charge is 0.279 e. The molecule has 2 atom stereocenters. The molecule has 0 aromatic carbocycles. The first kappa shape index (κ1) is 14.3. The predicted molar refractivity (Wildman–Crippen MR) is 69.8 cm³/mol. The Balaban J connectivity index is 2.55. The van der Waals surface area contributed by atoms with Crippen molar-refractivity contribution in [3.05, 3.63) is 0 Å². The molecular formula is C11H21N3O2S. The molecule has 6 heteroatoms. The number of thioether (sulfide) groups is 1. The number of hydrogen-bond donors (Lipinski definition) is 3. The van der Waals surface area contributed by atoms with Crippen molar-refractivity contribution < 1.29 is 9.59 Å². The third-order valence-electron chi connectivity index (χ3n) is 2.72. The first-order chi connectivity index (χ1) is 7.86. The van der Waals surface area contributed by atoms with E-state index in [0.29, 0.717) is 18.2 Å². The van der Waals surface area contributed by atoms with E-state index in [-0.39, 0.29) is 11.1 Å². The quantitative estimate of drug-likeness (QED) is 0.678. The molecule has 0 spiro atoms. The Morgan fingerprint density at radius 2 is 2.35 bits per heavy atom. The minimum atomic E-state index is -0.425. The first-order valence-electron chi connectivity index (χ1n) is 5.81. The summed E-state index contributed by atoms with van der Waals surface area (Å²) in [5, 5.41) is 5.43. The summed E-state index contributed by atoms with van der Waals surface area (Å²) < 4.78 is 0. The number of amides is 2. The minimum Gasteiger partial charge on any atom is -0.348 e. The van der Waals surface area contributed by atoms with Crippen molar-refractivity contribution in [2.75, 3.05) is 12.3 Å². The molecule has 0 aromatic heterocycles. The molecule has 4 N–H and O–H groups in total. The Hall–Kier alpha value is -0.750. The molecule has 1 saturated heterocycles. The monoisotopic (exact) mass is 259 g/mol. The van der Waals surface area contributed by atoms with E-state index in [9.17, 15) is 9.59 Å². The summed E-state index contributed by atoms with van der Waals surface area (Å²) >= 11 is 1.14. The van der Waals surface area contributed by atoms with Gasteiger partial charge < -0.3 is 16.4 Å². The lowest BCUT2D eigenvalue weighted by molar-refractivity contribution is -0.124. The minimum absolute atomic E-state index is 0.136. The number of carbonyl (C=O) groups is 2. The van der Waals surface area contributed by atoms with E-state index in [1.165, 1.54) is 0 Å². The van der Waals surface area contributed by atoms with Crippen molar-refractivity contribution in [3.63, 3.8) is 0 Å². The van der Waals surface area contributed by atoms with Crippen molar-refractivity contribution in [2.24, 2.45) is 11.7 Å². The van der Waals surface area contributed by atoms with Gasteiger partial charge in [-0.3, -0.25) is 9.59 Å². The van der Waals surface area contributed by atoms with Crippen LogP contribution in [0.15, 0.2) is 0 Å². The predicted octanol–water partition coefficient (Wildman–Crippen LogP) is 0.691. The molecule has 1 rings (SSSR count). The fourth-order valence-corrected chi connectivity index (χ4v) is 2.78. The van der Waals surface area contributed by atoms with E-state index in [1.807, 2.05) is 6.92 Å². The van der Waals surface area contributed by atoms with Gasteiger partial charge in [0.2, 0.25) is 5.91 Å². The van der Waals surface area contributed by atoms with Gasteiger partial charge >= 0.3 is 0 Å². The molecule has 1 heterocycles.